The summed E-state index contributed by atoms with van der Waals surface area (Å²) in [5.41, 5.74) is 0. The molecule has 1 atom stereocenters. The third-order valence-electron chi connectivity index (χ3n) is 0.823. The molecule has 0 aromatic heterocycles. The zero-order valence-corrected chi connectivity index (χ0v) is 7.30. The minimum absolute atomic E-state index is 0.146. The molecule has 5 heteroatoms. The predicted molar refractivity (Wildman–Crippen MR) is 39.6 cm³/mol. The van der Waals surface area contributed by atoms with Gasteiger partial charge in [-0.25, -0.2) is 8.42 Å². The molecule has 1 unspecified atom stereocenters. The molecular weight excluding hydrogens is 183 g/mol. The summed E-state index contributed by atoms with van der Waals surface area (Å²) in [7, 11) is 1.50. The first-order chi connectivity index (χ1) is 3.95. The normalized spacial score (nSPS) is 15.4. The Morgan fingerprint density at radius 1 is 1.56 bits per heavy atom. The summed E-state index contributed by atoms with van der Waals surface area (Å²) in [5.74, 6) is -0.146. The lowest BCUT2D eigenvalue weighted by molar-refractivity contribution is 0.607. The van der Waals surface area contributed by atoms with Gasteiger partial charge in [-0.2, -0.15) is 0 Å². The predicted octanol–water partition coefficient (Wildman–Crippen LogP) is 1.57. The average molecular weight is 191 g/mol. The van der Waals surface area contributed by atoms with Crippen LogP contribution in [0.1, 0.15) is 13.3 Å². The Bertz CT molecular complexity index is 163. The second-order valence-electron chi connectivity index (χ2n) is 1.71. The molecule has 0 aliphatic carbocycles. The van der Waals surface area contributed by atoms with Crippen molar-refractivity contribution in [2.24, 2.45) is 0 Å². The van der Waals surface area contributed by atoms with Crippen LogP contribution in [0, 0.1) is 0 Å². The first-order valence-corrected chi connectivity index (χ1v) is 5.43. The number of rotatable bonds is 3. The quantitative estimate of drug-likeness (QED) is 0.501. The van der Waals surface area contributed by atoms with E-state index in [1.54, 1.807) is 6.92 Å². The van der Waals surface area contributed by atoms with Crippen LogP contribution in [0.25, 0.3) is 0 Å². The molecule has 0 fully saturated rings. The van der Waals surface area contributed by atoms with E-state index in [1.165, 1.54) is 0 Å². The smallest absolute Gasteiger partial charge is 0.212 e. The van der Waals surface area contributed by atoms with E-state index in [2.05, 4.69) is 0 Å². The van der Waals surface area contributed by atoms with Gasteiger partial charge in [0.2, 0.25) is 9.05 Å². The lowest BCUT2D eigenvalue weighted by Gasteiger charge is -1.99. The van der Waals surface area contributed by atoms with Gasteiger partial charge in [-0.3, -0.25) is 0 Å². The highest BCUT2D eigenvalue weighted by atomic mass is 35.7. The molecule has 0 rings (SSSR count). The van der Waals surface area contributed by atoms with E-state index < -0.39 is 9.05 Å². The molecule has 0 saturated carbocycles. The zero-order chi connectivity index (χ0) is 7.49. The molecule has 56 valence electrons. The first kappa shape index (κ1) is 9.53. The van der Waals surface area contributed by atoms with E-state index in [0.717, 1.165) is 0 Å². The molecule has 0 amide bonds. The zero-order valence-electron chi connectivity index (χ0n) is 4.97. The van der Waals surface area contributed by atoms with E-state index in [0.29, 0.717) is 6.42 Å². The molecule has 0 aliphatic heterocycles. The molecule has 0 radical (unpaired) electrons. The van der Waals surface area contributed by atoms with Gasteiger partial charge in [-0.05, 0) is 6.42 Å². The van der Waals surface area contributed by atoms with Crippen LogP contribution in [0.2, 0.25) is 0 Å². The molecule has 2 nitrogen and oxygen atoms in total. The van der Waals surface area contributed by atoms with E-state index in [9.17, 15) is 8.42 Å². The molecule has 0 saturated heterocycles. The van der Waals surface area contributed by atoms with Crippen LogP contribution < -0.4 is 0 Å². The molecule has 0 heterocycles. The molecule has 0 aromatic rings. The van der Waals surface area contributed by atoms with Crippen molar-refractivity contribution in [3.63, 3.8) is 0 Å². The lowest BCUT2D eigenvalue weighted by Crippen LogP contribution is -2.09. The van der Waals surface area contributed by atoms with Crippen LogP contribution in [-0.4, -0.2) is 19.5 Å². The van der Waals surface area contributed by atoms with Crippen LogP contribution in [-0.2, 0) is 9.05 Å². The topological polar surface area (TPSA) is 34.1 Å². The largest absolute Gasteiger partial charge is 0.234 e. The van der Waals surface area contributed by atoms with Crippen molar-refractivity contribution in [2.75, 3.05) is 5.75 Å². The Morgan fingerprint density at radius 2 is 2.00 bits per heavy atom. The summed E-state index contributed by atoms with van der Waals surface area (Å²) < 4.78 is 20.6. The fraction of sp³-hybridized carbons (Fsp3) is 1.00. The maximum absolute atomic E-state index is 10.3. The third-order valence-corrected chi connectivity index (χ3v) is 2.65. The molecule has 0 bridgehead atoms. The summed E-state index contributed by atoms with van der Waals surface area (Å²) in [6, 6.07) is 0. The third kappa shape index (κ3) is 6.41. The molecule has 9 heavy (non-hydrogen) atoms. The maximum atomic E-state index is 10.3. The monoisotopic (exact) mass is 190 g/mol. The average Bonchev–Trinajstić information content (AvgIpc) is 1.62. The first-order valence-electron chi connectivity index (χ1n) is 2.52. The van der Waals surface area contributed by atoms with Crippen molar-refractivity contribution >= 4 is 31.3 Å². The second-order valence-corrected chi connectivity index (χ2v) is 5.15. The number of hydrogen-bond acceptors (Lipinski definition) is 2. The standard InChI is InChI=1S/C4H8Cl2O2S/c1-2-4(5)3-9(6,7)8/h4H,2-3H2,1H3. The van der Waals surface area contributed by atoms with Gasteiger partial charge in [0.1, 0.15) is 0 Å². The minimum Gasteiger partial charge on any atom is -0.212 e. The van der Waals surface area contributed by atoms with E-state index >= 15 is 0 Å². The Balaban J connectivity index is 3.75. The van der Waals surface area contributed by atoms with Crippen molar-refractivity contribution in [3.05, 3.63) is 0 Å². The summed E-state index contributed by atoms with van der Waals surface area (Å²) in [5, 5.41) is -0.354. The van der Waals surface area contributed by atoms with Gasteiger partial charge in [0.05, 0.1) is 5.75 Å². The van der Waals surface area contributed by atoms with E-state index in [-0.39, 0.29) is 11.1 Å². The molecule has 0 aliphatic rings. The second kappa shape index (κ2) is 3.64. The van der Waals surface area contributed by atoms with Crippen molar-refractivity contribution < 1.29 is 8.42 Å². The Morgan fingerprint density at radius 3 is 2.11 bits per heavy atom. The molecule has 0 N–H and O–H groups in total. The van der Waals surface area contributed by atoms with Gasteiger partial charge < -0.3 is 0 Å². The van der Waals surface area contributed by atoms with E-state index in [1.807, 2.05) is 0 Å². The van der Waals surface area contributed by atoms with E-state index in [4.69, 9.17) is 22.3 Å². The van der Waals surface area contributed by atoms with Gasteiger partial charge in [-0.15, -0.1) is 11.6 Å². The minimum atomic E-state index is -3.40. The van der Waals surface area contributed by atoms with Crippen LogP contribution in [0.3, 0.4) is 0 Å². The molecule has 0 aromatic carbocycles. The highest BCUT2D eigenvalue weighted by Gasteiger charge is 2.11. The fourth-order valence-electron chi connectivity index (χ4n) is 0.334. The van der Waals surface area contributed by atoms with Crippen LogP contribution in [0.15, 0.2) is 0 Å². The highest BCUT2D eigenvalue weighted by Crippen LogP contribution is 2.07. The van der Waals surface area contributed by atoms with Gasteiger partial charge in [0.25, 0.3) is 0 Å². The SMILES string of the molecule is CCC(Cl)CS(=O)(=O)Cl. The van der Waals surface area contributed by atoms with Crippen LogP contribution >= 0.6 is 22.3 Å². The van der Waals surface area contributed by atoms with Crippen molar-refractivity contribution in [1.29, 1.82) is 0 Å². The van der Waals surface area contributed by atoms with Gasteiger partial charge in [-0.1, -0.05) is 6.92 Å². The summed E-state index contributed by atoms with van der Waals surface area (Å²) >= 11 is 5.49. The van der Waals surface area contributed by atoms with Gasteiger partial charge in [0.15, 0.2) is 0 Å². The summed E-state index contributed by atoms with van der Waals surface area (Å²) in [6.45, 7) is 1.81. The highest BCUT2D eigenvalue weighted by molar-refractivity contribution is 8.13. The number of hydrogen-bond donors (Lipinski definition) is 0. The summed E-state index contributed by atoms with van der Waals surface area (Å²) in [6.07, 6.45) is 0.619. The summed E-state index contributed by atoms with van der Waals surface area (Å²) in [4.78, 5) is 0. The number of alkyl halides is 1. The number of halogens is 2. The van der Waals surface area contributed by atoms with Crippen molar-refractivity contribution in [1.82, 2.24) is 0 Å². The van der Waals surface area contributed by atoms with Crippen molar-refractivity contribution in [3.8, 4) is 0 Å². The Hall–Kier alpha value is 0.530. The fourth-order valence-corrected chi connectivity index (χ4v) is 2.15. The van der Waals surface area contributed by atoms with Gasteiger partial charge >= 0.3 is 0 Å². The van der Waals surface area contributed by atoms with Crippen LogP contribution in [0.5, 0.6) is 0 Å². The van der Waals surface area contributed by atoms with Crippen LogP contribution in [0.4, 0.5) is 0 Å². The Labute approximate surface area is 64.6 Å². The maximum Gasteiger partial charge on any atom is 0.234 e. The van der Waals surface area contributed by atoms with Gasteiger partial charge in [0, 0.05) is 16.1 Å². The molecule has 0 spiro atoms. The molecular formula is C4H8Cl2O2S. The Kier molecular flexibility index (Phi) is 3.85. The van der Waals surface area contributed by atoms with Crippen molar-refractivity contribution in [2.45, 2.75) is 18.7 Å². The lowest BCUT2D eigenvalue weighted by atomic mass is 10.4.